The topological polar surface area (TPSA) is 37.3 Å². The Balaban J connectivity index is 2.09. The van der Waals surface area contributed by atoms with E-state index >= 15 is 0 Å². The first-order valence-corrected chi connectivity index (χ1v) is 6.75. The number of nitrogens with one attached hydrogen (secondary N) is 1. The fourth-order valence-electron chi connectivity index (χ4n) is 2.51. The number of aryl methyl sites for hydroxylation is 1. The molecule has 1 aromatic heterocycles. The van der Waals surface area contributed by atoms with Crippen molar-refractivity contribution in [1.82, 2.24) is 14.8 Å². The molecule has 1 unspecified atom stereocenters. The first-order chi connectivity index (χ1) is 8.59. The predicted molar refractivity (Wildman–Crippen MR) is 72.6 cm³/mol. The largest absolute Gasteiger partial charge is 0.347 e. The highest BCUT2D eigenvalue weighted by atomic mass is 16.2. The van der Waals surface area contributed by atoms with Gasteiger partial charge in [0.1, 0.15) is 5.69 Å². The summed E-state index contributed by atoms with van der Waals surface area (Å²) in [4.78, 5) is 14.5. The van der Waals surface area contributed by atoms with Gasteiger partial charge in [0.25, 0.3) is 5.91 Å². The van der Waals surface area contributed by atoms with Crippen molar-refractivity contribution in [2.24, 2.45) is 7.05 Å². The van der Waals surface area contributed by atoms with Crippen molar-refractivity contribution in [2.75, 3.05) is 13.1 Å². The molecule has 0 radical (unpaired) electrons. The molecular formula is C14H23N3O. The average Bonchev–Trinajstić information content (AvgIpc) is 2.95. The maximum absolute atomic E-state index is 12.5. The average molecular weight is 249 g/mol. The zero-order chi connectivity index (χ0) is 13.1. The van der Waals surface area contributed by atoms with Crippen molar-refractivity contribution >= 4 is 5.91 Å². The van der Waals surface area contributed by atoms with Gasteiger partial charge in [0.05, 0.1) is 0 Å². The van der Waals surface area contributed by atoms with E-state index in [1.807, 2.05) is 34.8 Å². The highest BCUT2D eigenvalue weighted by molar-refractivity contribution is 5.93. The Morgan fingerprint density at radius 2 is 2.39 bits per heavy atom. The van der Waals surface area contributed by atoms with Crippen LogP contribution in [0.1, 0.15) is 37.2 Å². The van der Waals surface area contributed by atoms with Gasteiger partial charge in [0.15, 0.2) is 0 Å². The Hall–Kier alpha value is -1.29. The molecule has 0 saturated carbocycles. The lowest BCUT2D eigenvalue weighted by Crippen LogP contribution is -2.45. The van der Waals surface area contributed by atoms with Crippen LogP contribution in [-0.2, 0) is 7.05 Å². The van der Waals surface area contributed by atoms with E-state index in [2.05, 4.69) is 19.2 Å². The molecule has 1 atom stereocenters. The second-order valence-electron chi connectivity index (χ2n) is 5.35. The lowest BCUT2D eigenvalue weighted by molar-refractivity contribution is 0.0679. The molecule has 1 aromatic rings. The van der Waals surface area contributed by atoms with Gasteiger partial charge < -0.3 is 14.8 Å². The molecule has 1 aliphatic heterocycles. The SMILES string of the molecule is CC(C)N(CC1CCCN1)C(=O)c1cccn1C. The molecule has 1 saturated heterocycles. The van der Waals surface area contributed by atoms with Crippen molar-refractivity contribution < 1.29 is 4.79 Å². The molecule has 1 N–H and O–H groups in total. The normalized spacial score (nSPS) is 19.4. The van der Waals surface area contributed by atoms with Crippen molar-refractivity contribution in [3.8, 4) is 0 Å². The third-order valence-electron chi connectivity index (χ3n) is 3.63. The summed E-state index contributed by atoms with van der Waals surface area (Å²) in [5, 5.41) is 3.46. The van der Waals surface area contributed by atoms with Crippen LogP contribution in [0.2, 0.25) is 0 Å². The minimum Gasteiger partial charge on any atom is -0.347 e. The van der Waals surface area contributed by atoms with Crippen molar-refractivity contribution in [3.63, 3.8) is 0 Å². The number of rotatable bonds is 4. The quantitative estimate of drug-likeness (QED) is 0.880. The minimum absolute atomic E-state index is 0.131. The van der Waals surface area contributed by atoms with E-state index in [1.54, 1.807) is 0 Å². The van der Waals surface area contributed by atoms with Crippen LogP contribution < -0.4 is 5.32 Å². The van der Waals surface area contributed by atoms with Gasteiger partial charge in [-0.1, -0.05) is 0 Å². The first-order valence-electron chi connectivity index (χ1n) is 6.75. The maximum Gasteiger partial charge on any atom is 0.270 e. The number of carbonyl (C=O) groups excluding carboxylic acids is 1. The van der Waals surface area contributed by atoms with Gasteiger partial charge in [-0.05, 0) is 45.4 Å². The molecule has 0 aromatic carbocycles. The molecule has 18 heavy (non-hydrogen) atoms. The first kappa shape index (κ1) is 13.1. The van der Waals surface area contributed by atoms with E-state index in [0.29, 0.717) is 6.04 Å². The summed E-state index contributed by atoms with van der Waals surface area (Å²) in [5.41, 5.74) is 0.765. The molecule has 4 nitrogen and oxygen atoms in total. The van der Waals surface area contributed by atoms with Crippen molar-refractivity contribution in [2.45, 2.75) is 38.8 Å². The number of hydrogen-bond donors (Lipinski definition) is 1. The lowest BCUT2D eigenvalue weighted by Gasteiger charge is -2.29. The highest BCUT2D eigenvalue weighted by Crippen LogP contribution is 2.13. The molecule has 2 heterocycles. The lowest BCUT2D eigenvalue weighted by atomic mass is 10.1. The molecule has 4 heteroatoms. The third kappa shape index (κ3) is 2.75. The zero-order valence-corrected chi connectivity index (χ0v) is 11.5. The van der Waals surface area contributed by atoms with E-state index in [4.69, 9.17) is 0 Å². The van der Waals surface area contributed by atoms with Crippen LogP contribution in [0.5, 0.6) is 0 Å². The Kier molecular flexibility index (Phi) is 4.07. The fraction of sp³-hybridized carbons (Fsp3) is 0.643. The van der Waals surface area contributed by atoms with E-state index in [1.165, 1.54) is 12.8 Å². The summed E-state index contributed by atoms with van der Waals surface area (Å²) in [6, 6.07) is 4.49. The molecular weight excluding hydrogens is 226 g/mol. The molecule has 0 spiro atoms. The summed E-state index contributed by atoms with van der Waals surface area (Å²) in [6.45, 7) is 6.04. The molecule has 1 amide bonds. The Bertz CT molecular complexity index is 405. The third-order valence-corrected chi connectivity index (χ3v) is 3.63. The van der Waals surface area contributed by atoms with Crippen LogP contribution in [0.4, 0.5) is 0 Å². The van der Waals surface area contributed by atoms with Gasteiger partial charge >= 0.3 is 0 Å². The summed E-state index contributed by atoms with van der Waals surface area (Å²) >= 11 is 0. The zero-order valence-electron chi connectivity index (χ0n) is 11.5. The van der Waals surface area contributed by atoms with Gasteiger partial charge in [0, 0.05) is 31.9 Å². The van der Waals surface area contributed by atoms with Gasteiger partial charge in [0.2, 0.25) is 0 Å². The maximum atomic E-state index is 12.5. The van der Waals surface area contributed by atoms with E-state index in [0.717, 1.165) is 18.8 Å². The van der Waals surface area contributed by atoms with Gasteiger partial charge in [-0.25, -0.2) is 0 Å². The smallest absolute Gasteiger partial charge is 0.270 e. The summed E-state index contributed by atoms with van der Waals surface area (Å²) < 4.78 is 1.89. The van der Waals surface area contributed by atoms with Crippen LogP contribution >= 0.6 is 0 Å². The van der Waals surface area contributed by atoms with Crippen molar-refractivity contribution in [3.05, 3.63) is 24.0 Å². The van der Waals surface area contributed by atoms with Gasteiger partial charge in [-0.15, -0.1) is 0 Å². The standard InChI is InChI=1S/C14H23N3O/c1-11(2)17(10-12-6-4-8-15-12)14(18)13-7-5-9-16(13)3/h5,7,9,11-12,15H,4,6,8,10H2,1-3H3. The molecule has 1 fully saturated rings. The minimum atomic E-state index is 0.131. The van der Waals surface area contributed by atoms with Gasteiger partial charge in [-0.2, -0.15) is 0 Å². The van der Waals surface area contributed by atoms with Crippen LogP contribution in [0.3, 0.4) is 0 Å². The summed E-state index contributed by atoms with van der Waals surface area (Å²) in [7, 11) is 1.92. The molecule has 1 aliphatic rings. The monoisotopic (exact) mass is 249 g/mol. The number of nitrogens with zero attached hydrogens (tertiary/aromatic N) is 2. The molecule has 2 rings (SSSR count). The summed E-state index contributed by atoms with van der Waals surface area (Å²) in [6.07, 6.45) is 4.30. The molecule has 0 bridgehead atoms. The van der Waals surface area contributed by atoms with Gasteiger partial charge in [-0.3, -0.25) is 4.79 Å². The molecule has 0 aliphatic carbocycles. The summed E-state index contributed by atoms with van der Waals surface area (Å²) in [5.74, 6) is 0.131. The van der Waals surface area contributed by atoms with Crippen molar-refractivity contribution in [1.29, 1.82) is 0 Å². The Morgan fingerprint density at radius 3 is 2.89 bits per heavy atom. The van der Waals surface area contributed by atoms with Crippen LogP contribution in [0, 0.1) is 0 Å². The number of hydrogen-bond acceptors (Lipinski definition) is 2. The fourth-order valence-corrected chi connectivity index (χ4v) is 2.51. The number of amides is 1. The van der Waals surface area contributed by atoms with Crippen LogP contribution in [-0.4, -0.2) is 40.5 Å². The second kappa shape index (κ2) is 5.57. The predicted octanol–water partition coefficient (Wildman–Crippen LogP) is 1.63. The van der Waals surface area contributed by atoms with E-state index in [9.17, 15) is 4.79 Å². The second-order valence-corrected chi connectivity index (χ2v) is 5.35. The molecule has 100 valence electrons. The number of carbonyl (C=O) groups is 1. The van der Waals surface area contributed by atoms with E-state index < -0.39 is 0 Å². The number of aromatic nitrogens is 1. The Labute approximate surface area is 109 Å². The highest BCUT2D eigenvalue weighted by Gasteiger charge is 2.25. The van der Waals surface area contributed by atoms with Crippen LogP contribution in [0.15, 0.2) is 18.3 Å². The van der Waals surface area contributed by atoms with E-state index in [-0.39, 0.29) is 11.9 Å². The van der Waals surface area contributed by atoms with Crippen LogP contribution in [0.25, 0.3) is 0 Å². The Morgan fingerprint density at radius 1 is 1.61 bits per heavy atom.